The molecule has 0 radical (unpaired) electrons. The van der Waals surface area contributed by atoms with E-state index < -0.39 is 15.6 Å². The van der Waals surface area contributed by atoms with Gasteiger partial charge in [0.15, 0.2) is 0 Å². The van der Waals surface area contributed by atoms with Crippen LogP contribution < -0.4 is 15.4 Å². The first-order chi connectivity index (χ1) is 15.7. The van der Waals surface area contributed by atoms with Crippen molar-refractivity contribution in [3.05, 3.63) is 46.5 Å². The standard InChI is InChI=1S/C24H37N5O3S/c1-18(2)19-7-9-21(10-8-19)28-14-11-24(12-15-28)22-6-4-3-5-20(22)17-29(23(24)30)16-13-26-27-33(25,31)32/h3-6,21,26-27H,7-17H2,1-2H3,(H2,25,31,32). The highest BCUT2D eigenvalue weighted by Crippen LogP contribution is 2.44. The molecule has 2 fully saturated rings. The zero-order chi connectivity index (χ0) is 23.6. The number of likely N-dealkylation sites (tertiary alicyclic amines) is 1. The second kappa shape index (κ2) is 9.84. The maximum Gasteiger partial charge on any atom is 0.287 e. The fourth-order valence-corrected chi connectivity index (χ4v) is 6.22. The number of carbonyl (C=O) groups is 1. The number of hydrazine groups is 1. The van der Waals surface area contributed by atoms with E-state index in [1.807, 2.05) is 17.0 Å². The van der Waals surface area contributed by atoms with E-state index in [1.54, 1.807) is 5.57 Å². The highest BCUT2D eigenvalue weighted by molar-refractivity contribution is 7.87. The van der Waals surface area contributed by atoms with Crippen LogP contribution in [0.1, 0.15) is 63.5 Å². The first-order valence-corrected chi connectivity index (χ1v) is 13.5. The number of amides is 1. The molecule has 0 unspecified atom stereocenters. The number of hydrogen-bond donors (Lipinski definition) is 3. The Morgan fingerprint density at radius 1 is 1.15 bits per heavy atom. The van der Waals surface area contributed by atoms with Crippen LogP contribution in [-0.4, -0.2) is 56.3 Å². The number of carbonyl (C=O) groups excluding carboxylic acids is 1. The first-order valence-electron chi connectivity index (χ1n) is 12.0. The van der Waals surface area contributed by atoms with E-state index in [0.29, 0.717) is 25.7 Å². The second-order valence-corrected chi connectivity index (χ2v) is 11.2. The van der Waals surface area contributed by atoms with Gasteiger partial charge in [-0.1, -0.05) is 35.4 Å². The van der Waals surface area contributed by atoms with Crippen LogP contribution in [-0.2, 0) is 27.0 Å². The van der Waals surface area contributed by atoms with Crippen LogP contribution in [0.15, 0.2) is 35.4 Å². The van der Waals surface area contributed by atoms with Crippen LogP contribution in [0.2, 0.25) is 0 Å². The zero-order valence-electron chi connectivity index (χ0n) is 19.8. The minimum Gasteiger partial charge on any atom is -0.336 e. The summed E-state index contributed by atoms with van der Waals surface area (Å²) < 4.78 is 22.2. The van der Waals surface area contributed by atoms with E-state index in [4.69, 9.17) is 5.14 Å². The lowest BCUT2D eigenvalue weighted by Crippen LogP contribution is -2.58. The van der Waals surface area contributed by atoms with Gasteiger partial charge in [-0.2, -0.15) is 8.42 Å². The Labute approximate surface area is 197 Å². The number of fused-ring (bicyclic) bond motifs is 2. The quantitative estimate of drug-likeness (QED) is 0.331. The summed E-state index contributed by atoms with van der Waals surface area (Å²) in [5.41, 5.74) is 7.58. The Bertz CT molecular complexity index is 1000. The van der Waals surface area contributed by atoms with Gasteiger partial charge in [-0.05, 0) is 76.6 Å². The van der Waals surface area contributed by atoms with Gasteiger partial charge < -0.3 is 9.80 Å². The second-order valence-electron chi connectivity index (χ2n) is 9.91. The molecule has 1 amide bonds. The Balaban J connectivity index is 1.44. The number of benzene rings is 1. The smallest absolute Gasteiger partial charge is 0.287 e. The molecule has 2 heterocycles. The molecule has 33 heavy (non-hydrogen) atoms. The normalized spacial score (nSPS) is 23.6. The minimum atomic E-state index is -3.81. The van der Waals surface area contributed by atoms with Crippen LogP contribution in [0.5, 0.6) is 0 Å². The topological polar surface area (TPSA) is 108 Å². The van der Waals surface area contributed by atoms with Gasteiger partial charge in [0, 0.05) is 25.7 Å². The third-order valence-corrected chi connectivity index (χ3v) is 8.17. The number of hydrogen-bond acceptors (Lipinski definition) is 5. The molecule has 0 bridgehead atoms. The predicted octanol–water partition coefficient (Wildman–Crippen LogP) is 1.94. The Morgan fingerprint density at radius 2 is 1.82 bits per heavy atom. The molecule has 9 heteroatoms. The Kier molecular flexibility index (Phi) is 7.26. The van der Waals surface area contributed by atoms with Crippen molar-refractivity contribution in [2.75, 3.05) is 26.2 Å². The molecule has 1 aromatic carbocycles. The van der Waals surface area contributed by atoms with E-state index in [-0.39, 0.29) is 5.91 Å². The summed E-state index contributed by atoms with van der Waals surface area (Å²) in [7, 11) is -3.81. The van der Waals surface area contributed by atoms with Gasteiger partial charge in [0.1, 0.15) is 0 Å². The SMILES string of the molecule is CC(C)=C1CCC(N2CCC3(CC2)C(=O)N(CCNNS(N)(=O)=O)Cc2ccccc23)CC1. The largest absolute Gasteiger partial charge is 0.336 e. The summed E-state index contributed by atoms with van der Waals surface area (Å²) in [6, 6.07) is 8.92. The lowest BCUT2D eigenvalue weighted by atomic mass is 9.67. The van der Waals surface area contributed by atoms with Crippen LogP contribution >= 0.6 is 0 Å². The molecule has 182 valence electrons. The molecule has 4 N–H and O–H groups in total. The molecular weight excluding hydrogens is 438 g/mol. The van der Waals surface area contributed by atoms with E-state index in [1.165, 1.54) is 42.4 Å². The predicted molar refractivity (Wildman–Crippen MR) is 129 cm³/mol. The maximum absolute atomic E-state index is 13.8. The lowest BCUT2D eigenvalue weighted by Gasteiger charge is -2.49. The van der Waals surface area contributed by atoms with Gasteiger partial charge in [0.05, 0.1) is 5.41 Å². The molecule has 4 rings (SSSR count). The molecule has 1 aromatic rings. The highest BCUT2D eigenvalue weighted by Gasteiger charge is 2.49. The maximum atomic E-state index is 13.8. The summed E-state index contributed by atoms with van der Waals surface area (Å²) >= 11 is 0. The molecule has 1 aliphatic carbocycles. The van der Waals surface area contributed by atoms with Crippen molar-refractivity contribution in [3.63, 3.8) is 0 Å². The van der Waals surface area contributed by atoms with Gasteiger partial charge in [0.2, 0.25) is 5.91 Å². The van der Waals surface area contributed by atoms with Gasteiger partial charge in [-0.15, -0.1) is 4.83 Å². The molecule has 1 spiro atoms. The van der Waals surface area contributed by atoms with Crippen molar-refractivity contribution in [1.29, 1.82) is 0 Å². The van der Waals surface area contributed by atoms with Gasteiger partial charge in [-0.25, -0.2) is 10.6 Å². The monoisotopic (exact) mass is 475 g/mol. The zero-order valence-corrected chi connectivity index (χ0v) is 20.6. The Morgan fingerprint density at radius 3 is 2.45 bits per heavy atom. The third-order valence-electron chi connectivity index (χ3n) is 7.75. The van der Waals surface area contributed by atoms with Gasteiger partial charge >= 0.3 is 0 Å². The van der Waals surface area contributed by atoms with Crippen LogP contribution in [0.4, 0.5) is 0 Å². The van der Waals surface area contributed by atoms with Crippen LogP contribution in [0.3, 0.4) is 0 Å². The van der Waals surface area contributed by atoms with E-state index in [9.17, 15) is 13.2 Å². The first kappa shape index (κ1) is 24.3. The third kappa shape index (κ3) is 5.33. The summed E-state index contributed by atoms with van der Waals surface area (Å²) in [5, 5.41) is 4.96. The molecule has 0 atom stereocenters. The Hall–Kier alpha value is -1.78. The molecule has 2 aliphatic heterocycles. The van der Waals surface area contributed by atoms with Crippen molar-refractivity contribution in [2.45, 2.75) is 70.4 Å². The molecule has 1 saturated carbocycles. The van der Waals surface area contributed by atoms with Crippen molar-refractivity contribution in [2.24, 2.45) is 5.14 Å². The number of nitrogens with one attached hydrogen (secondary N) is 2. The van der Waals surface area contributed by atoms with Crippen molar-refractivity contribution >= 4 is 16.1 Å². The summed E-state index contributed by atoms with van der Waals surface area (Å²) in [5.74, 6) is 0.161. The van der Waals surface area contributed by atoms with Crippen molar-refractivity contribution < 1.29 is 13.2 Å². The van der Waals surface area contributed by atoms with Crippen LogP contribution in [0, 0.1) is 0 Å². The number of allylic oxidation sites excluding steroid dienone is 2. The summed E-state index contributed by atoms with van der Waals surface area (Å²) in [6.07, 6.45) is 6.48. The van der Waals surface area contributed by atoms with Gasteiger partial charge in [0.25, 0.3) is 10.2 Å². The minimum absolute atomic E-state index is 0.161. The average Bonchev–Trinajstić information content (AvgIpc) is 2.80. The van der Waals surface area contributed by atoms with Crippen molar-refractivity contribution in [3.8, 4) is 0 Å². The molecule has 1 saturated heterocycles. The van der Waals surface area contributed by atoms with E-state index in [0.717, 1.165) is 25.9 Å². The van der Waals surface area contributed by atoms with Gasteiger partial charge in [-0.3, -0.25) is 4.79 Å². The summed E-state index contributed by atoms with van der Waals surface area (Å²) in [6.45, 7) is 7.57. The van der Waals surface area contributed by atoms with Crippen LogP contribution in [0.25, 0.3) is 0 Å². The number of nitrogens with two attached hydrogens (primary N) is 1. The van der Waals surface area contributed by atoms with Crippen molar-refractivity contribution in [1.82, 2.24) is 20.1 Å². The summed E-state index contributed by atoms with van der Waals surface area (Å²) in [4.78, 5) is 20.3. The number of rotatable bonds is 6. The number of piperidine rings is 1. The highest BCUT2D eigenvalue weighted by atomic mass is 32.2. The average molecular weight is 476 g/mol. The molecular formula is C24H37N5O3S. The van der Waals surface area contributed by atoms with E-state index >= 15 is 0 Å². The molecule has 8 nitrogen and oxygen atoms in total. The van der Waals surface area contributed by atoms with E-state index in [2.05, 4.69) is 41.1 Å². The fraction of sp³-hybridized carbons (Fsp3) is 0.625. The number of nitrogens with zero attached hydrogens (tertiary/aromatic N) is 2. The fourth-order valence-electron chi connectivity index (χ4n) is 5.91. The lowest BCUT2D eigenvalue weighted by molar-refractivity contribution is -0.142. The molecule has 3 aliphatic rings. The molecule has 0 aromatic heterocycles.